The summed E-state index contributed by atoms with van der Waals surface area (Å²) in [6.45, 7) is 3.06. The standard InChI is InChI=1S/C25H31NO6S/c1-18-16-20(6-7-23(18)21-4-3-5-22(17-21)31-2)19-8-12-26(13-9-19)33(29,30)25(24(27)28)10-14-32-15-11-25/h3-7,16-17,19H,8-15H2,1-2H3,(H,27,28). The van der Waals surface area contributed by atoms with Crippen LogP contribution >= 0.6 is 0 Å². The van der Waals surface area contributed by atoms with Crippen LogP contribution < -0.4 is 4.74 Å². The van der Waals surface area contributed by atoms with Crippen LogP contribution in [0.5, 0.6) is 5.75 Å². The zero-order chi connectivity index (χ0) is 23.6. The summed E-state index contributed by atoms with van der Waals surface area (Å²) in [6, 6.07) is 14.4. The fourth-order valence-electron chi connectivity index (χ4n) is 5.02. The molecule has 2 fully saturated rings. The van der Waals surface area contributed by atoms with Gasteiger partial charge in [-0.15, -0.1) is 0 Å². The molecule has 0 aromatic heterocycles. The number of aryl methyl sites for hydroxylation is 1. The highest BCUT2D eigenvalue weighted by atomic mass is 32.2. The molecule has 2 aromatic rings. The lowest BCUT2D eigenvalue weighted by atomic mass is 9.87. The molecular weight excluding hydrogens is 442 g/mol. The van der Waals surface area contributed by atoms with E-state index in [1.807, 2.05) is 18.2 Å². The SMILES string of the molecule is COc1cccc(-c2ccc(C3CCN(S(=O)(=O)C4(C(=O)O)CCOCC4)CC3)cc2C)c1. The number of carboxylic acid groups (broad SMARTS) is 1. The first-order chi connectivity index (χ1) is 15.8. The van der Waals surface area contributed by atoms with Crippen LogP contribution in [0.1, 0.15) is 42.7 Å². The van der Waals surface area contributed by atoms with Crippen molar-refractivity contribution in [1.29, 1.82) is 0 Å². The Morgan fingerprint density at radius 3 is 2.42 bits per heavy atom. The minimum atomic E-state index is -3.97. The lowest BCUT2D eigenvalue weighted by Crippen LogP contribution is -2.57. The molecule has 2 heterocycles. The van der Waals surface area contributed by atoms with Crippen molar-refractivity contribution in [2.24, 2.45) is 0 Å². The average Bonchev–Trinajstić information content (AvgIpc) is 2.84. The minimum Gasteiger partial charge on any atom is -0.497 e. The van der Waals surface area contributed by atoms with Crippen LogP contribution in [0.25, 0.3) is 11.1 Å². The molecule has 2 aromatic carbocycles. The van der Waals surface area contributed by atoms with Gasteiger partial charge in [0.2, 0.25) is 10.0 Å². The molecule has 33 heavy (non-hydrogen) atoms. The lowest BCUT2D eigenvalue weighted by Gasteiger charge is -2.39. The Hall–Kier alpha value is -2.42. The quantitative estimate of drug-likeness (QED) is 0.686. The third kappa shape index (κ3) is 4.39. The highest BCUT2D eigenvalue weighted by Gasteiger charge is 2.54. The summed E-state index contributed by atoms with van der Waals surface area (Å²) in [4.78, 5) is 12.0. The van der Waals surface area contributed by atoms with Crippen LogP contribution in [-0.4, -0.2) is 62.0 Å². The van der Waals surface area contributed by atoms with E-state index in [2.05, 4.69) is 31.2 Å². The topological polar surface area (TPSA) is 93.1 Å². The molecule has 0 unspecified atom stereocenters. The van der Waals surface area contributed by atoms with Crippen molar-refractivity contribution >= 4 is 16.0 Å². The predicted octanol–water partition coefficient (Wildman–Crippen LogP) is 3.81. The maximum absolute atomic E-state index is 13.3. The fourth-order valence-corrected chi connectivity index (χ4v) is 7.10. The number of hydrogen-bond donors (Lipinski definition) is 1. The number of piperidine rings is 1. The Balaban J connectivity index is 1.49. The van der Waals surface area contributed by atoms with E-state index in [0.717, 1.165) is 22.4 Å². The van der Waals surface area contributed by atoms with E-state index in [1.54, 1.807) is 7.11 Å². The Bertz CT molecular complexity index is 1120. The summed E-state index contributed by atoms with van der Waals surface area (Å²) in [5, 5.41) is 9.80. The minimum absolute atomic E-state index is 0.00444. The van der Waals surface area contributed by atoms with Crippen molar-refractivity contribution in [2.45, 2.75) is 43.3 Å². The van der Waals surface area contributed by atoms with E-state index in [1.165, 1.54) is 9.87 Å². The molecule has 2 aliphatic heterocycles. The number of hydrogen-bond acceptors (Lipinski definition) is 5. The molecule has 0 radical (unpaired) electrons. The third-order valence-electron chi connectivity index (χ3n) is 7.08. The molecule has 2 aliphatic rings. The van der Waals surface area contributed by atoms with E-state index in [9.17, 15) is 18.3 Å². The zero-order valence-corrected chi connectivity index (χ0v) is 19.9. The van der Waals surface area contributed by atoms with Crippen molar-refractivity contribution < 1.29 is 27.8 Å². The number of carbonyl (C=O) groups is 1. The molecule has 0 saturated carbocycles. The van der Waals surface area contributed by atoms with Crippen molar-refractivity contribution in [1.82, 2.24) is 4.31 Å². The first kappa shape index (κ1) is 23.7. The third-order valence-corrected chi connectivity index (χ3v) is 9.70. The van der Waals surface area contributed by atoms with Crippen molar-refractivity contribution in [3.05, 3.63) is 53.6 Å². The number of sulfonamides is 1. The van der Waals surface area contributed by atoms with Gasteiger partial charge >= 0.3 is 5.97 Å². The smallest absolute Gasteiger partial charge is 0.326 e. The van der Waals surface area contributed by atoms with Crippen LogP contribution in [0.2, 0.25) is 0 Å². The number of rotatable bonds is 6. The molecule has 0 atom stereocenters. The van der Waals surface area contributed by atoms with Crippen molar-refractivity contribution in [3.8, 4) is 16.9 Å². The summed E-state index contributed by atoms with van der Waals surface area (Å²) >= 11 is 0. The van der Waals surface area contributed by atoms with Gasteiger partial charge in [0.25, 0.3) is 0 Å². The van der Waals surface area contributed by atoms with Crippen LogP contribution in [0, 0.1) is 6.92 Å². The van der Waals surface area contributed by atoms with Gasteiger partial charge in [0, 0.05) is 39.1 Å². The highest BCUT2D eigenvalue weighted by molar-refractivity contribution is 7.91. The van der Waals surface area contributed by atoms with Gasteiger partial charge in [0.15, 0.2) is 4.75 Å². The average molecular weight is 474 g/mol. The summed E-state index contributed by atoms with van der Waals surface area (Å²) in [5.41, 5.74) is 4.58. The maximum atomic E-state index is 13.3. The fraction of sp³-hybridized carbons (Fsp3) is 0.480. The lowest BCUT2D eigenvalue weighted by molar-refractivity contribution is -0.142. The van der Waals surface area contributed by atoms with Gasteiger partial charge in [-0.1, -0.05) is 30.3 Å². The second kappa shape index (κ2) is 9.44. The molecule has 178 valence electrons. The number of aliphatic carboxylic acids is 1. The van der Waals surface area contributed by atoms with E-state index >= 15 is 0 Å². The predicted molar refractivity (Wildman–Crippen MR) is 126 cm³/mol. The summed E-state index contributed by atoms with van der Waals surface area (Å²) < 4.78 is 36.9. The molecular formula is C25H31NO6S. The van der Waals surface area contributed by atoms with Gasteiger partial charge < -0.3 is 14.6 Å². The molecule has 0 amide bonds. The number of ether oxygens (including phenoxy) is 2. The molecule has 0 spiro atoms. The summed E-state index contributed by atoms with van der Waals surface area (Å²) in [6.07, 6.45) is 1.33. The van der Waals surface area contributed by atoms with Gasteiger partial charge in [-0.2, -0.15) is 0 Å². The van der Waals surface area contributed by atoms with E-state index in [4.69, 9.17) is 9.47 Å². The molecule has 1 N–H and O–H groups in total. The van der Waals surface area contributed by atoms with Gasteiger partial charge in [-0.3, -0.25) is 4.79 Å². The van der Waals surface area contributed by atoms with Gasteiger partial charge in [-0.05, 0) is 60.1 Å². The first-order valence-corrected chi connectivity index (χ1v) is 12.8. The Morgan fingerprint density at radius 1 is 1.12 bits per heavy atom. The van der Waals surface area contributed by atoms with Crippen LogP contribution in [0.4, 0.5) is 0 Å². The van der Waals surface area contributed by atoms with Gasteiger partial charge in [-0.25, -0.2) is 12.7 Å². The molecule has 2 saturated heterocycles. The van der Waals surface area contributed by atoms with Crippen molar-refractivity contribution in [2.75, 3.05) is 33.4 Å². The number of benzene rings is 2. The van der Waals surface area contributed by atoms with Crippen molar-refractivity contribution in [3.63, 3.8) is 0 Å². The highest BCUT2D eigenvalue weighted by Crippen LogP contribution is 2.38. The van der Waals surface area contributed by atoms with Crippen LogP contribution in [0.15, 0.2) is 42.5 Å². The largest absolute Gasteiger partial charge is 0.497 e. The second-order valence-electron chi connectivity index (χ2n) is 8.90. The maximum Gasteiger partial charge on any atom is 0.326 e. The number of nitrogens with zero attached hydrogens (tertiary/aromatic N) is 1. The summed E-state index contributed by atoms with van der Waals surface area (Å²) in [7, 11) is -2.31. The monoisotopic (exact) mass is 473 g/mol. The Labute approximate surface area is 195 Å². The second-order valence-corrected chi connectivity index (χ2v) is 11.1. The number of carboxylic acids is 1. The van der Waals surface area contributed by atoms with Crippen LogP contribution in [0.3, 0.4) is 0 Å². The van der Waals surface area contributed by atoms with E-state index in [-0.39, 0.29) is 32.0 Å². The molecule has 4 rings (SSSR count). The van der Waals surface area contributed by atoms with E-state index in [0.29, 0.717) is 25.9 Å². The summed E-state index contributed by atoms with van der Waals surface area (Å²) in [5.74, 6) is -0.213. The van der Waals surface area contributed by atoms with Crippen LogP contribution in [-0.2, 0) is 19.6 Å². The Morgan fingerprint density at radius 2 is 1.82 bits per heavy atom. The van der Waals surface area contributed by atoms with Gasteiger partial charge in [0.1, 0.15) is 5.75 Å². The van der Waals surface area contributed by atoms with E-state index < -0.39 is 20.7 Å². The molecule has 0 aliphatic carbocycles. The first-order valence-electron chi connectivity index (χ1n) is 11.3. The molecule has 7 nitrogen and oxygen atoms in total. The molecule has 0 bridgehead atoms. The Kier molecular flexibility index (Phi) is 6.79. The number of methoxy groups -OCH3 is 1. The molecule has 8 heteroatoms. The normalized spacial score (nSPS) is 19.8. The van der Waals surface area contributed by atoms with Gasteiger partial charge in [0.05, 0.1) is 7.11 Å². The zero-order valence-electron chi connectivity index (χ0n) is 19.1.